The Morgan fingerprint density at radius 2 is 1.76 bits per heavy atom. The predicted octanol–water partition coefficient (Wildman–Crippen LogP) is 5.36. The van der Waals surface area contributed by atoms with Gasteiger partial charge in [0.2, 0.25) is 0 Å². The van der Waals surface area contributed by atoms with E-state index in [0.29, 0.717) is 6.04 Å². The molecule has 0 aliphatic carbocycles. The van der Waals surface area contributed by atoms with Crippen LogP contribution in [0.3, 0.4) is 0 Å². The predicted molar refractivity (Wildman–Crippen MR) is 94.5 cm³/mol. The maximum absolute atomic E-state index is 3.46. The van der Waals surface area contributed by atoms with Gasteiger partial charge < -0.3 is 5.32 Å². The minimum Gasteiger partial charge on any atom is -0.309 e. The van der Waals surface area contributed by atoms with Crippen LogP contribution < -0.4 is 5.32 Å². The molecule has 2 heteroatoms. The molecule has 1 aromatic carbocycles. The van der Waals surface area contributed by atoms with Gasteiger partial charge in [0.05, 0.1) is 6.04 Å². The molecule has 0 radical (unpaired) electrons. The summed E-state index contributed by atoms with van der Waals surface area (Å²) in [6, 6.07) is 11.7. The van der Waals surface area contributed by atoms with Gasteiger partial charge in [-0.3, -0.25) is 0 Å². The van der Waals surface area contributed by atoms with E-state index in [4.69, 9.17) is 0 Å². The topological polar surface area (TPSA) is 12.0 Å². The molecule has 1 unspecified atom stereocenters. The normalized spacial score (nSPS) is 13.4. The summed E-state index contributed by atoms with van der Waals surface area (Å²) in [6.45, 7) is 11.3. The van der Waals surface area contributed by atoms with E-state index in [1.165, 1.54) is 26.4 Å². The number of nitrogens with one attached hydrogen (secondary N) is 1. The van der Waals surface area contributed by atoms with E-state index in [1.54, 1.807) is 0 Å². The van der Waals surface area contributed by atoms with Gasteiger partial charge in [0.1, 0.15) is 0 Å². The quantitative estimate of drug-likeness (QED) is 0.783. The number of rotatable bonds is 5. The van der Waals surface area contributed by atoms with Crippen molar-refractivity contribution in [3.63, 3.8) is 0 Å². The molecule has 1 atom stereocenters. The van der Waals surface area contributed by atoms with E-state index in [1.807, 2.05) is 18.4 Å². The summed E-state index contributed by atoms with van der Waals surface area (Å²) in [5.74, 6) is 0. The molecule has 2 rings (SSSR count). The first-order valence-electron chi connectivity index (χ1n) is 7.73. The lowest BCUT2D eigenvalue weighted by molar-refractivity contribution is 0.506. The lowest BCUT2D eigenvalue weighted by Gasteiger charge is -2.24. The van der Waals surface area contributed by atoms with E-state index in [-0.39, 0.29) is 5.41 Å². The van der Waals surface area contributed by atoms with Crippen LogP contribution in [-0.4, -0.2) is 7.05 Å². The zero-order valence-corrected chi connectivity index (χ0v) is 14.9. The minimum absolute atomic E-state index is 0.254. The van der Waals surface area contributed by atoms with Crippen molar-refractivity contribution < 1.29 is 0 Å². The van der Waals surface area contributed by atoms with Gasteiger partial charge in [-0.15, -0.1) is 11.3 Å². The van der Waals surface area contributed by atoms with Gasteiger partial charge in [0.25, 0.3) is 0 Å². The van der Waals surface area contributed by atoms with Crippen LogP contribution in [0, 0.1) is 13.8 Å². The molecule has 1 heterocycles. The fourth-order valence-corrected chi connectivity index (χ4v) is 3.73. The fraction of sp³-hybridized carbons (Fsp3) is 0.474. The van der Waals surface area contributed by atoms with Gasteiger partial charge in [-0.25, -0.2) is 0 Å². The Morgan fingerprint density at radius 3 is 2.19 bits per heavy atom. The third-order valence-corrected chi connectivity index (χ3v) is 5.89. The SMILES string of the molecule is CCC(C)(C)c1ccc(C(NC)c2cc(C)c(C)s2)cc1. The molecule has 114 valence electrons. The van der Waals surface area contributed by atoms with Crippen LogP contribution in [0.2, 0.25) is 0 Å². The van der Waals surface area contributed by atoms with Crippen LogP contribution in [-0.2, 0) is 5.41 Å². The van der Waals surface area contributed by atoms with Gasteiger partial charge >= 0.3 is 0 Å². The molecule has 0 saturated heterocycles. The summed E-state index contributed by atoms with van der Waals surface area (Å²) >= 11 is 1.89. The number of hydrogen-bond donors (Lipinski definition) is 1. The average Bonchev–Trinajstić information content (AvgIpc) is 2.80. The molecule has 0 saturated carbocycles. The summed E-state index contributed by atoms with van der Waals surface area (Å²) in [6.07, 6.45) is 1.16. The van der Waals surface area contributed by atoms with Gasteiger partial charge in [-0.1, -0.05) is 45.0 Å². The highest BCUT2D eigenvalue weighted by Crippen LogP contribution is 2.32. The fourth-order valence-electron chi connectivity index (χ4n) is 2.55. The lowest BCUT2D eigenvalue weighted by Crippen LogP contribution is -2.18. The van der Waals surface area contributed by atoms with Gasteiger partial charge in [0.15, 0.2) is 0 Å². The second kappa shape index (κ2) is 6.33. The van der Waals surface area contributed by atoms with E-state index >= 15 is 0 Å². The highest BCUT2D eigenvalue weighted by atomic mass is 32.1. The maximum Gasteiger partial charge on any atom is 0.0668 e. The summed E-state index contributed by atoms with van der Waals surface area (Å²) in [7, 11) is 2.04. The smallest absolute Gasteiger partial charge is 0.0668 e. The molecule has 0 spiro atoms. The number of benzene rings is 1. The van der Waals surface area contributed by atoms with Crippen LogP contribution in [0.5, 0.6) is 0 Å². The van der Waals surface area contributed by atoms with Crippen LogP contribution in [0.1, 0.15) is 59.7 Å². The molecule has 0 amide bonds. The Labute approximate surface area is 133 Å². The lowest BCUT2D eigenvalue weighted by atomic mass is 9.82. The first kappa shape index (κ1) is 16.3. The van der Waals surface area contributed by atoms with Crippen molar-refractivity contribution in [2.45, 2.75) is 52.5 Å². The Kier molecular flexibility index (Phi) is 4.90. The largest absolute Gasteiger partial charge is 0.309 e. The Morgan fingerprint density at radius 1 is 1.14 bits per heavy atom. The average molecular weight is 301 g/mol. The van der Waals surface area contributed by atoms with E-state index in [0.717, 1.165) is 6.42 Å². The van der Waals surface area contributed by atoms with Crippen LogP contribution in [0.15, 0.2) is 30.3 Å². The number of thiophene rings is 1. The monoisotopic (exact) mass is 301 g/mol. The Bertz CT molecular complexity index is 573. The number of hydrogen-bond acceptors (Lipinski definition) is 2. The maximum atomic E-state index is 3.46. The van der Waals surface area contributed by atoms with Crippen molar-refractivity contribution in [3.05, 3.63) is 56.8 Å². The molecule has 1 aromatic heterocycles. The van der Waals surface area contributed by atoms with Gasteiger partial charge in [0, 0.05) is 9.75 Å². The van der Waals surface area contributed by atoms with Crippen molar-refractivity contribution in [2.24, 2.45) is 0 Å². The molecular weight excluding hydrogens is 274 g/mol. The first-order valence-corrected chi connectivity index (χ1v) is 8.55. The zero-order chi connectivity index (χ0) is 15.6. The highest BCUT2D eigenvalue weighted by molar-refractivity contribution is 7.12. The Balaban J connectivity index is 2.31. The first-order chi connectivity index (χ1) is 9.89. The van der Waals surface area contributed by atoms with Crippen molar-refractivity contribution in [2.75, 3.05) is 7.05 Å². The van der Waals surface area contributed by atoms with Gasteiger partial charge in [-0.2, -0.15) is 0 Å². The summed E-state index contributed by atoms with van der Waals surface area (Å²) < 4.78 is 0. The number of aryl methyl sites for hydroxylation is 2. The molecular formula is C19H27NS. The standard InChI is InChI=1S/C19H27NS/c1-7-19(4,5)16-10-8-15(9-11-16)18(20-6)17-12-13(2)14(3)21-17/h8-12,18,20H,7H2,1-6H3. The minimum atomic E-state index is 0.254. The molecule has 0 aliphatic rings. The summed E-state index contributed by atoms with van der Waals surface area (Å²) in [4.78, 5) is 2.81. The van der Waals surface area contributed by atoms with E-state index < -0.39 is 0 Å². The van der Waals surface area contributed by atoms with Crippen molar-refractivity contribution in [3.8, 4) is 0 Å². The van der Waals surface area contributed by atoms with E-state index in [9.17, 15) is 0 Å². The second-order valence-corrected chi connectivity index (χ2v) is 7.76. The molecule has 1 nitrogen and oxygen atoms in total. The molecule has 0 aliphatic heterocycles. The van der Waals surface area contributed by atoms with Crippen molar-refractivity contribution >= 4 is 11.3 Å². The van der Waals surface area contributed by atoms with Crippen LogP contribution in [0.4, 0.5) is 0 Å². The molecule has 0 fully saturated rings. The molecule has 0 bridgehead atoms. The van der Waals surface area contributed by atoms with E-state index in [2.05, 4.69) is 70.3 Å². The van der Waals surface area contributed by atoms with Crippen molar-refractivity contribution in [1.82, 2.24) is 5.32 Å². The Hall–Kier alpha value is -1.12. The highest BCUT2D eigenvalue weighted by Gasteiger charge is 2.19. The summed E-state index contributed by atoms with van der Waals surface area (Å²) in [5.41, 5.74) is 4.40. The second-order valence-electron chi connectivity index (χ2n) is 6.47. The van der Waals surface area contributed by atoms with Crippen LogP contribution in [0.25, 0.3) is 0 Å². The van der Waals surface area contributed by atoms with Crippen molar-refractivity contribution in [1.29, 1.82) is 0 Å². The zero-order valence-electron chi connectivity index (χ0n) is 14.1. The molecule has 21 heavy (non-hydrogen) atoms. The molecule has 1 N–H and O–H groups in total. The summed E-state index contributed by atoms with van der Waals surface area (Å²) in [5, 5.41) is 3.46. The third kappa shape index (κ3) is 3.38. The molecule has 2 aromatic rings. The van der Waals surface area contributed by atoms with Gasteiger partial charge in [-0.05, 0) is 55.5 Å². The third-order valence-electron chi connectivity index (χ3n) is 4.67. The van der Waals surface area contributed by atoms with Crippen LogP contribution >= 0.6 is 11.3 Å².